The van der Waals surface area contributed by atoms with Crippen molar-refractivity contribution in [1.29, 1.82) is 0 Å². The highest BCUT2D eigenvalue weighted by atomic mass is 32.2. The third-order valence-electron chi connectivity index (χ3n) is 4.02. The van der Waals surface area contributed by atoms with Gasteiger partial charge in [0.2, 0.25) is 5.16 Å². The van der Waals surface area contributed by atoms with Crippen molar-refractivity contribution in [1.82, 2.24) is 14.9 Å². The Labute approximate surface area is 128 Å². The van der Waals surface area contributed by atoms with Gasteiger partial charge in [-0.1, -0.05) is 41.6 Å². The number of hydrogen-bond acceptors (Lipinski definition) is 5. The Hall–Kier alpha value is -1.53. The van der Waals surface area contributed by atoms with E-state index in [0.29, 0.717) is 0 Å². The van der Waals surface area contributed by atoms with Crippen LogP contribution in [0, 0.1) is 6.92 Å². The van der Waals surface area contributed by atoms with Gasteiger partial charge in [-0.15, -0.1) is 10.2 Å². The zero-order valence-corrected chi connectivity index (χ0v) is 12.8. The highest BCUT2D eigenvalue weighted by Crippen LogP contribution is 2.34. The highest BCUT2D eigenvalue weighted by molar-refractivity contribution is 7.99. The molecule has 1 aromatic heterocycles. The average Bonchev–Trinajstić information content (AvgIpc) is 3.16. The van der Waals surface area contributed by atoms with Crippen LogP contribution in [0.5, 0.6) is 0 Å². The highest BCUT2D eigenvalue weighted by Gasteiger charge is 2.29. The van der Waals surface area contributed by atoms with E-state index in [-0.39, 0.29) is 12.1 Å². The first-order valence-electron chi connectivity index (χ1n) is 7.34. The van der Waals surface area contributed by atoms with E-state index in [1.54, 1.807) is 11.8 Å². The summed E-state index contributed by atoms with van der Waals surface area (Å²) in [6.45, 7) is 2.93. The van der Waals surface area contributed by atoms with Crippen LogP contribution < -0.4 is 5.43 Å². The largest absolute Gasteiger partial charge is 0.370 e. The summed E-state index contributed by atoms with van der Waals surface area (Å²) in [7, 11) is 0. The van der Waals surface area contributed by atoms with Crippen molar-refractivity contribution < 1.29 is 4.74 Å². The van der Waals surface area contributed by atoms with Crippen molar-refractivity contribution in [2.45, 2.75) is 37.1 Å². The molecule has 1 saturated heterocycles. The number of aromatic nitrogens is 3. The number of hydrogen-bond donors (Lipinski definition) is 1. The topological polar surface area (TPSA) is 52.0 Å². The van der Waals surface area contributed by atoms with Crippen molar-refractivity contribution in [2.24, 2.45) is 0 Å². The van der Waals surface area contributed by atoms with E-state index in [4.69, 9.17) is 4.74 Å². The first-order valence-corrected chi connectivity index (χ1v) is 8.32. The maximum atomic E-state index is 5.75. The molecule has 2 aliphatic heterocycles. The number of rotatable bonds is 2. The number of benzene rings is 1. The van der Waals surface area contributed by atoms with Crippen LogP contribution in [0.4, 0.5) is 0 Å². The van der Waals surface area contributed by atoms with Crippen molar-refractivity contribution in [3.05, 3.63) is 41.2 Å². The smallest absolute Gasteiger partial charge is 0.210 e. The summed E-state index contributed by atoms with van der Waals surface area (Å²) in [4.78, 5) is 0. The van der Waals surface area contributed by atoms with Crippen LogP contribution in [0.3, 0.4) is 0 Å². The molecule has 2 unspecified atom stereocenters. The van der Waals surface area contributed by atoms with Crippen LogP contribution in [0.15, 0.2) is 29.4 Å². The summed E-state index contributed by atoms with van der Waals surface area (Å²) >= 11 is 1.75. The van der Waals surface area contributed by atoms with Crippen LogP contribution >= 0.6 is 11.8 Å². The molecule has 0 aliphatic carbocycles. The molecule has 21 heavy (non-hydrogen) atoms. The van der Waals surface area contributed by atoms with Gasteiger partial charge in [-0.25, -0.2) is 4.68 Å². The predicted molar refractivity (Wildman–Crippen MR) is 82.0 cm³/mol. The molecule has 1 N–H and O–H groups in total. The Balaban J connectivity index is 1.61. The minimum Gasteiger partial charge on any atom is -0.370 e. The van der Waals surface area contributed by atoms with Crippen LogP contribution in [-0.2, 0) is 4.74 Å². The van der Waals surface area contributed by atoms with E-state index in [2.05, 4.69) is 46.8 Å². The summed E-state index contributed by atoms with van der Waals surface area (Å²) in [5.41, 5.74) is 6.13. The monoisotopic (exact) mass is 302 g/mol. The van der Waals surface area contributed by atoms with Crippen molar-refractivity contribution in [3.8, 4) is 0 Å². The van der Waals surface area contributed by atoms with E-state index in [1.165, 1.54) is 11.1 Å². The van der Waals surface area contributed by atoms with E-state index in [1.807, 2.05) is 4.68 Å². The molecular weight excluding hydrogens is 284 g/mol. The molecule has 5 nitrogen and oxygen atoms in total. The Morgan fingerprint density at radius 1 is 1.29 bits per heavy atom. The zero-order valence-electron chi connectivity index (χ0n) is 12.0. The fourth-order valence-corrected chi connectivity index (χ4v) is 3.76. The third kappa shape index (κ3) is 2.42. The molecule has 3 heterocycles. The van der Waals surface area contributed by atoms with Gasteiger partial charge in [-0.3, -0.25) is 0 Å². The number of ether oxygens (including phenoxy) is 1. The van der Waals surface area contributed by atoms with E-state index >= 15 is 0 Å². The normalized spacial score (nSPS) is 24.6. The standard InChI is InChI=1S/C15H18N4OS/c1-10-4-6-11(7-5-10)12-9-21-15-17-16-14(19(15)18-12)13-3-2-8-20-13/h4-7,12-13,18H,2-3,8-9H2,1H3. The number of aryl methyl sites for hydroxylation is 1. The van der Waals surface area contributed by atoms with Crippen LogP contribution in [0.1, 0.15) is 41.9 Å². The summed E-state index contributed by atoms with van der Waals surface area (Å²) in [5.74, 6) is 1.87. The van der Waals surface area contributed by atoms with Crippen molar-refractivity contribution >= 4 is 11.8 Å². The molecule has 0 spiro atoms. The van der Waals surface area contributed by atoms with Gasteiger partial charge in [0.25, 0.3) is 0 Å². The van der Waals surface area contributed by atoms with E-state index in [0.717, 1.165) is 36.2 Å². The van der Waals surface area contributed by atoms with Gasteiger partial charge in [0, 0.05) is 12.4 Å². The molecule has 0 radical (unpaired) electrons. The van der Waals surface area contributed by atoms with Crippen LogP contribution in [0.25, 0.3) is 0 Å². The number of nitrogens with zero attached hydrogens (tertiary/aromatic N) is 3. The summed E-state index contributed by atoms with van der Waals surface area (Å²) < 4.78 is 7.77. The lowest BCUT2D eigenvalue weighted by Crippen LogP contribution is -2.29. The molecule has 2 aromatic rings. The van der Waals surface area contributed by atoms with Crippen LogP contribution in [0.2, 0.25) is 0 Å². The molecule has 0 amide bonds. The first kappa shape index (κ1) is 13.2. The SMILES string of the molecule is Cc1ccc(C2CSc3nnc(C4CCCO4)n3N2)cc1. The summed E-state index contributed by atoms with van der Waals surface area (Å²) in [5, 5.41) is 9.54. The molecule has 6 heteroatoms. The lowest BCUT2D eigenvalue weighted by Gasteiger charge is -2.27. The second-order valence-electron chi connectivity index (χ2n) is 5.58. The van der Waals surface area contributed by atoms with Crippen LogP contribution in [-0.4, -0.2) is 27.2 Å². The van der Waals surface area contributed by atoms with E-state index < -0.39 is 0 Å². The van der Waals surface area contributed by atoms with Gasteiger partial charge in [-0.2, -0.15) is 0 Å². The fraction of sp³-hybridized carbons (Fsp3) is 0.467. The Morgan fingerprint density at radius 2 is 2.14 bits per heavy atom. The molecule has 2 atom stereocenters. The Morgan fingerprint density at radius 3 is 2.90 bits per heavy atom. The lowest BCUT2D eigenvalue weighted by molar-refractivity contribution is 0.102. The van der Waals surface area contributed by atoms with Gasteiger partial charge in [-0.05, 0) is 25.3 Å². The maximum Gasteiger partial charge on any atom is 0.210 e. The molecule has 1 aromatic carbocycles. The molecular formula is C15H18N4OS. The molecule has 2 aliphatic rings. The second kappa shape index (κ2) is 5.35. The molecule has 110 valence electrons. The fourth-order valence-electron chi connectivity index (χ4n) is 2.81. The lowest BCUT2D eigenvalue weighted by atomic mass is 10.1. The zero-order chi connectivity index (χ0) is 14.2. The maximum absolute atomic E-state index is 5.75. The number of fused-ring (bicyclic) bond motifs is 1. The minimum atomic E-state index is 0.0797. The van der Waals surface area contributed by atoms with Crippen molar-refractivity contribution in [2.75, 3.05) is 17.8 Å². The molecule has 1 fully saturated rings. The second-order valence-corrected chi connectivity index (χ2v) is 6.57. The predicted octanol–water partition coefficient (Wildman–Crippen LogP) is 2.83. The molecule has 0 bridgehead atoms. The van der Waals surface area contributed by atoms with Gasteiger partial charge in [0.05, 0.1) is 6.04 Å². The Kier molecular flexibility index (Phi) is 3.35. The van der Waals surface area contributed by atoms with Gasteiger partial charge < -0.3 is 10.2 Å². The van der Waals surface area contributed by atoms with Gasteiger partial charge >= 0.3 is 0 Å². The number of nitrogens with one attached hydrogen (secondary N) is 1. The summed E-state index contributed by atoms with van der Waals surface area (Å²) in [6, 6.07) is 8.97. The third-order valence-corrected chi connectivity index (χ3v) is 5.04. The number of thioether (sulfide) groups is 1. The van der Waals surface area contributed by atoms with Crippen molar-refractivity contribution in [3.63, 3.8) is 0 Å². The van der Waals surface area contributed by atoms with Gasteiger partial charge in [0.15, 0.2) is 5.82 Å². The van der Waals surface area contributed by atoms with Gasteiger partial charge in [0.1, 0.15) is 6.10 Å². The van der Waals surface area contributed by atoms with E-state index in [9.17, 15) is 0 Å². The quantitative estimate of drug-likeness (QED) is 0.924. The molecule has 4 rings (SSSR count). The average molecular weight is 302 g/mol. The Bertz CT molecular complexity index is 634. The minimum absolute atomic E-state index is 0.0797. The summed E-state index contributed by atoms with van der Waals surface area (Å²) in [6.07, 6.45) is 2.21. The molecule has 0 saturated carbocycles. The first-order chi connectivity index (χ1) is 10.3.